The van der Waals surface area contributed by atoms with E-state index >= 15 is 0 Å². The van der Waals surface area contributed by atoms with E-state index in [0.717, 1.165) is 28.4 Å². The summed E-state index contributed by atoms with van der Waals surface area (Å²) in [6.07, 6.45) is 0. The summed E-state index contributed by atoms with van der Waals surface area (Å²) in [4.78, 5) is 1.78. The van der Waals surface area contributed by atoms with E-state index in [1.54, 1.807) is 11.0 Å². The summed E-state index contributed by atoms with van der Waals surface area (Å²) in [5, 5.41) is 14.6. The summed E-state index contributed by atoms with van der Waals surface area (Å²) in [5.74, 6) is -3.20. The van der Waals surface area contributed by atoms with Crippen LogP contribution in [0.15, 0.2) is 42.5 Å². The molecule has 0 unspecified atom stereocenters. The van der Waals surface area contributed by atoms with Crippen molar-refractivity contribution in [3.8, 4) is 0 Å². The van der Waals surface area contributed by atoms with Crippen molar-refractivity contribution in [3.63, 3.8) is 0 Å². The van der Waals surface area contributed by atoms with Crippen LogP contribution in [0.4, 0.5) is 8.78 Å². The predicted molar refractivity (Wildman–Crippen MR) is 112 cm³/mol. The van der Waals surface area contributed by atoms with Crippen molar-refractivity contribution in [1.29, 1.82) is 0 Å². The van der Waals surface area contributed by atoms with E-state index < -0.39 is 18.6 Å². The van der Waals surface area contributed by atoms with Gasteiger partial charge in [-0.1, -0.05) is 24.3 Å². The number of nitrogens with one attached hydrogen (secondary N) is 1. The normalized spacial score (nSPS) is 17.0. The van der Waals surface area contributed by atoms with Crippen molar-refractivity contribution >= 4 is 34.2 Å². The van der Waals surface area contributed by atoms with Gasteiger partial charge in [-0.3, -0.25) is 4.90 Å². The lowest BCUT2D eigenvalue weighted by Crippen LogP contribution is -2.51. The first-order valence-corrected chi connectivity index (χ1v) is 9.51. The Morgan fingerprint density at radius 2 is 1.75 bits per heavy atom. The van der Waals surface area contributed by atoms with Gasteiger partial charge >= 0.3 is 0 Å². The Labute approximate surface area is 169 Å². The zero-order valence-corrected chi connectivity index (χ0v) is 16.7. The van der Waals surface area contributed by atoms with E-state index in [0.29, 0.717) is 31.7 Å². The van der Waals surface area contributed by atoms with Crippen LogP contribution in [0, 0.1) is 0 Å². The van der Waals surface area contributed by atoms with Gasteiger partial charge in [-0.25, -0.2) is 8.78 Å². The number of halogens is 3. The zero-order valence-electron chi connectivity index (χ0n) is 15.9. The third-order valence-electron chi connectivity index (χ3n) is 5.56. The monoisotopic (exact) mass is 409 g/mol. The fourth-order valence-corrected chi connectivity index (χ4v) is 4.33. The molecule has 0 saturated carbocycles. The molecule has 1 aliphatic heterocycles. The number of para-hydroxylation sites is 1. The molecule has 0 amide bonds. The third-order valence-corrected chi connectivity index (χ3v) is 5.56. The highest BCUT2D eigenvalue weighted by Gasteiger charge is 2.44. The number of piperazine rings is 1. The smallest absolute Gasteiger partial charge is 0.289 e. The maximum atomic E-state index is 14.8. The fraction of sp³-hybridized carbons (Fsp3) is 0.429. The Balaban J connectivity index is 0.00000225. The second-order valence-corrected chi connectivity index (χ2v) is 7.15. The molecule has 0 spiro atoms. The maximum Gasteiger partial charge on any atom is 0.289 e. The van der Waals surface area contributed by atoms with Gasteiger partial charge in [-0.05, 0) is 30.7 Å². The van der Waals surface area contributed by atoms with Crippen LogP contribution in [-0.4, -0.2) is 53.3 Å². The van der Waals surface area contributed by atoms with Crippen LogP contribution < -0.4 is 5.32 Å². The minimum Gasteiger partial charge on any atom is -0.390 e. The summed E-state index contributed by atoms with van der Waals surface area (Å²) in [7, 11) is 0. The van der Waals surface area contributed by atoms with E-state index in [4.69, 9.17) is 0 Å². The molecule has 1 saturated heterocycles. The van der Waals surface area contributed by atoms with Crippen molar-refractivity contribution < 1.29 is 13.9 Å². The molecule has 28 heavy (non-hydrogen) atoms. The van der Waals surface area contributed by atoms with Gasteiger partial charge in [0.05, 0.1) is 0 Å². The topological polar surface area (TPSA) is 40.4 Å². The van der Waals surface area contributed by atoms with Crippen molar-refractivity contribution in [3.05, 3.63) is 48.0 Å². The van der Waals surface area contributed by atoms with E-state index in [-0.39, 0.29) is 12.4 Å². The van der Waals surface area contributed by atoms with Crippen LogP contribution in [0.3, 0.4) is 0 Å². The van der Waals surface area contributed by atoms with Gasteiger partial charge in [0.2, 0.25) is 0 Å². The average Bonchev–Trinajstić information content (AvgIpc) is 3.02. The molecule has 4 rings (SSSR count). The van der Waals surface area contributed by atoms with Crippen LogP contribution in [0.25, 0.3) is 21.8 Å². The molecule has 2 N–H and O–H groups in total. The zero-order chi connectivity index (χ0) is 19.0. The summed E-state index contributed by atoms with van der Waals surface area (Å²) in [6, 6.07) is 12.6. The average molecular weight is 410 g/mol. The van der Waals surface area contributed by atoms with E-state index in [1.165, 1.54) is 0 Å². The number of nitrogens with zero attached hydrogens (tertiary/aromatic N) is 2. The number of benzene rings is 2. The molecule has 0 radical (unpaired) electrons. The number of alkyl halides is 2. The quantitative estimate of drug-likeness (QED) is 0.673. The molecule has 0 bridgehead atoms. The summed E-state index contributed by atoms with van der Waals surface area (Å²) < 4.78 is 31.7. The van der Waals surface area contributed by atoms with Gasteiger partial charge in [-0.15, -0.1) is 12.4 Å². The van der Waals surface area contributed by atoms with E-state index in [1.807, 2.05) is 30.3 Å². The second kappa shape index (κ2) is 8.33. The Morgan fingerprint density at radius 3 is 2.43 bits per heavy atom. The van der Waals surface area contributed by atoms with Crippen LogP contribution in [0.5, 0.6) is 0 Å². The predicted octanol–water partition coefficient (Wildman–Crippen LogP) is 3.81. The number of fused-ring (bicyclic) bond motifs is 3. The van der Waals surface area contributed by atoms with Gasteiger partial charge in [0.25, 0.3) is 5.92 Å². The van der Waals surface area contributed by atoms with Crippen molar-refractivity contribution in [2.24, 2.45) is 0 Å². The molecular formula is C21H26ClF2N3O. The van der Waals surface area contributed by atoms with Gasteiger partial charge in [0, 0.05) is 54.5 Å². The highest BCUT2D eigenvalue weighted by atomic mass is 35.5. The summed E-state index contributed by atoms with van der Waals surface area (Å²) >= 11 is 0. The van der Waals surface area contributed by atoms with E-state index in [9.17, 15) is 13.9 Å². The van der Waals surface area contributed by atoms with Crippen LogP contribution in [0.1, 0.15) is 18.5 Å². The van der Waals surface area contributed by atoms with E-state index in [2.05, 4.69) is 22.9 Å². The SMILES string of the molecule is CCn1c2ccccc2c2cc([C@@H](N3CCNCC3)C(F)(F)CO)ccc21.Cl. The number of aliphatic hydroxyl groups excluding tert-OH is 1. The number of aliphatic hydroxyl groups is 1. The minimum absolute atomic E-state index is 0. The van der Waals surface area contributed by atoms with Gasteiger partial charge < -0.3 is 15.0 Å². The molecule has 2 aromatic carbocycles. The Morgan fingerprint density at radius 1 is 1.07 bits per heavy atom. The lowest BCUT2D eigenvalue weighted by Gasteiger charge is -2.38. The first-order chi connectivity index (χ1) is 13.1. The molecule has 1 aliphatic rings. The van der Waals surface area contributed by atoms with Crippen molar-refractivity contribution in [2.75, 3.05) is 32.8 Å². The van der Waals surface area contributed by atoms with Crippen LogP contribution in [0.2, 0.25) is 0 Å². The third kappa shape index (κ3) is 3.50. The summed E-state index contributed by atoms with van der Waals surface area (Å²) in [5.41, 5.74) is 2.72. The number of aromatic nitrogens is 1. The van der Waals surface area contributed by atoms with Crippen LogP contribution in [-0.2, 0) is 6.54 Å². The molecule has 1 aromatic heterocycles. The van der Waals surface area contributed by atoms with Gasteiger partial charge in [0.15, 0.2) is 0 Å². The highest BCUT2D eigenvalue weighted by Crippen LogP contribution is 2.39. The Kier molecular flexibility index (Phi) is 6.25. The minimum atomic E-state index is -3.20. The largest absolute Gasteiger partial charge is 0.390 e. The molecule has 1 atom stereocenters. The molecular weight excluding hydrogens is 384 g/mol. The first-order valence-electron chi connectivity index (χ1n) is 9.51. The second-order valence-electron chi connectivity index (χ2n) is 7.15. The molecule has 3 aromatic rings. The molecule has 7 heteroatoms. The molecule has 1 fully saturated rings. The standard InChI is InChI=1S/C21H25F2N3O.ClH/c1-2-26-18-6-4-3-5-16(18)17-13-15(7-8-19(17)26)20(21(22,23)14-27)25-11-9-24-10-12-25;/h3-8,13,20,24,27H,2,9-12,14H2,1H3;1H/t20-;/m1./s1. The highest BCUT2D eigenvalue weighted by molar-refractivity contribution is 6.08. The van der Waals surface area contributed by atoms with Crippen LogP contribution >= 0.6 is 12.4 Å². The summed E-state index contributed by atoms with van der Waals surface area (Å²) in [6.45, 7) is 4.17. The van der Waals surface area contributed by atoms with Crippen molar-refractivity contribution in [1.82, 2.24) is 14.8 Å². The van der Waals surface area contributed by atoms with Gasteiger partial charge in [-0.2, -0.15) is 0 Å². The Hall–Kier alpha value is -1.73. The lowest BCUT2D eigenvalue weighted by atomic mass is 9.96. The number of aryl methyl sites for hydroxylation is 1. The number of hydrogen-bond donors (Lipinski definition) is 2. The number of rotatable bonds is 5. The molecule has 152 valence electrons. The lowest BCUT2D eigenvalue weighted by molar-refractivity contribution is -0.118. The Bertz CT molecular complexity index is 953. The first kappa shape index (κ1) is 21.0. The maximum absolute atomic E-state index is 14.8. The molecule has 2 heterocycles. The number of hydrogen-bond acceptors (Lipinski definition) is 3. The van der Waals surface area contributed by atoms with Gasteiger partial charge in [0.1, 0.15) is 12.6 Å². The fourth-order valence-electron chi connectivity index (χ4n) is 4.33. The van der Waals surface area contributed by atoms with Crippen molar-refractivity contribution in [2.45, 2.75) is 25.4 Å². The molecule has 4 nitrogen and oxygen atoms in total. The molecule has 0 aliphatic carbocycles.